The molecule has 2 aromatic rings. The predicted molar refractivity (Wildman–Crippen MR) is 64.7 cm³/mol. The van der Waals surface area contributed by atoms with Crippen LogP contribution in [0.1, 0.15) is 24.3 Å². The molecular formula is C12H17N5O. The van der Waals surface area contributed by atoms with Crippen LogP contribution >= 0.6 is 0 Å². The first-order valence-corrected chi connectivity index (χ1v) is 6.30. The van der Waals surface area contributed by atoms with Crippen molar-refractivity contribution in [2.45, 2.75) is 38.9 Å². The first-order valence-electron chi connectivity index (χ1n) is 6.30. The molecule has 0 aromatic carbocycles. The summed E-state index contributed by atoms with van der Waals surface area (Å²) in [5.74, 6) is 0.943. The van der Waals surface area contributed by atoms with E-state index in [1.54, 1.807) is 12.7 Å². The minimum absolute atomic E-state index is 0.511. The highest BCUT2D eigenvalue weighted by atomic mass is 16.5. The molecule has 0 amide bonds. The van der Waals surface area contributed by atoms with Crippen molar-refractivity contribution in [3.63, 3.8) is 0 Å². The average Bonchev–Trinajstić information content (AvgIpc) is 3.05. The van der Waals surface area contributed by atoms with Gasteiger partial charge in [0, 0.05) is 12.1 Å². The summed E-state index contributed by atoms with van der Waals surface area (Å²) in [5.41, 5.74) is 0.942. The summed E-state index contributed by atoms with van der Waals surface area (Å²) >= 11 is 0. The number of rotatable bonds is 4. The Morgan fingerprint density at radius 1 is 1.50 bits per heavy atom. The largest absolute Gasteiger partial charge is 0.360 e. The maximum Gasteiger partial charge on any atom is 0.150 e. The Morgan fingerprint density at radius 2 is 2.44 bits per heavy atom. The van der Waals surface area contributed by atoms with Crippen LogP contribution in [0.15, 0.2) is 23.2 Å². The maximum absolute atomic E-state index is 5.28. The summed E-state index contributed by atoms with van der Waals surface area (Å²) in [5, 5.41) is 8.10. The minimum Gasteiger partial charge on any atom is -0.360 e. The smallest absolute Gasteiger partial charge is 0.150 e. The minimum atomic E-state index is 0.511. The molecule has 1 saturated heterocycles. The molecule has 0 saturated carbocycles. The monoisotopic (exact) mass is 247 g/mol. The van der Waals surface area contributed by atoms with Crippen molar-refractivity contribution in [1.29, 1.82) is 0 Å². The molecule has 0 aliphatic carbocycles. The zero-order chi connectivity index (χ0) is 12.4. The van der Waals surface area contributed by atoms with Crippen LogP contribution in [-0.4, -0.2) is 37.4 Å². The number of hydrogen-bond donors (Lipinski definition) is 0. The lowest BCUT2D eigenvalue weighted by molar-refractivity contribution is 0.195. The van der Waals surface area contributed by atoms with Crippen LogP contribution in [0.3, 0.4) is 0 Å². The predicted octanol–water partition coefficient (Wildman–Crippen LogP) is 1.24. The second-order valence-corrected chi connectivity index (χ2v) is 4.82. The third-order valence-electron chi connectivity index (χ3n) is 3.40. The van der Waals surface area contributed by atoms with Crippen molar-refractivity contribution < 1.29 is 4.52 Å². The van der Waals surface area contributed by atoms with Gasteiger partial charge in [-0.15, -0.1) is 0 Å². The van der Waals surface area contributed by atoms with Crippen molar-refractivity contribution in [2.75, 3.05) is 6.54 Å². The van der Waals surface area contributed by atoms with Crippen LogP contribution in [0.4, 0.5) is 0 Å². The second kappa shape index (κ2) is 4.89. The lowest BCUT2D eigenvalue weighted by Crippen LogP contribution is -2.32. The summed E-state index contributed by atoms with van der Waals surface area (Å²) in [6.45, 7) is 4.79. The molecule has 2 aromatic heterocycles. The normalized spacial score (nSPS) is 20.6. The molecule has 18 heavy (non-hydrogen) atoms. The van der Waals surface area contributed by atoms with Gasteiger partial charge in [-0.05, 0) is 26.3 Å². The summed E-state index contributed by atoms with van der Waals surface area (Å²) in [4.78, 5) is 6.41. The van der Waals surface area contributed by atoms with Gasteiger partial charge in [0.25, 0.3) is 0 Å². The van der Waals surface area contributed by atoms with Crippen molar-refractivity contribution in [3.05, 3.63) is 30.2 Å². The third-order valence-corrected chi connectivity index (χ3v) is 3.40. The lowest BCUT2D eigenvalue weighted by atomic mass is 10.2. The molecule has 6 nitrogen and oxygen atoms in total. The van der Waals surface area contributed by atoms with Gasteiger partial charge in [0.1, 0.15) is 12.7 Å². The lowest BCUT2D eigenvalue weighted by Gasteiger charge is -2.22. The van der Waals surface area contributed by atoms with E-state index in [1.165, 1.54) is 12.8 Å². The van der Waals surface area contributed by atoms with E-state index in [1.807, 2.05) is 17.7 Å². The highest BCUT2D eigenvalue weighted by Gasteiger charge is 2.26. The molecule has 1 aliphatic rings. The second-order valence-electron chi connectivity index (χ2n) is 4.82. The topological polar surface area (TPSA) is 60.0 Å². The first-order chi connectivity index (χ1) is 8.81. The fourth-order valence-corrected chi connectivity index (χ4v) is 2.54. The van der Waals surface area contributed by atoms with Crippen LogP contribution < -0.4 is 0 Å². The van der Waals surface area contributed by atoms with E-state index in [9.17, 15) is 0 Å². The SMILES string of the molecule is Cc1cc(CN2CCC[C@H]2Cn2cncn2)on1. The van der Waals surface area contributed by atoms with E-state index in [0.717, 1.165) is 31.1 Å². The van der Waals surface area contributed by atoms with E-state index in [2.05, 4.69) is 20.1 Å². The maximum atomic E-state index is 5.28. The van der Waals surface area contributed by atoms with Gasteiger partial charge >= 0.3 is 0 Å². The molecule has 96 valence electrons. The van der Waals surface area contributed by atoms with Gasteiger partial charge in [-0.25, -0.2) is 4.98 Å². The molecule has 1 atom stereocenters. The van der Waals surface area contributed by atoms with Crippen LogP contribution in [-0.2, 0) is 13.1 Å². The van der Waals surface area contributed by atoms with Crippen molar-refractivity contribution >= 4 is 0 Å². The van der Waals surface area contributed by atoms with Crippen LogP contribution in [0.5, 0.6) is 0 Å². The first kappa shape index (κ1) is 11.4. The summed E-state index contributed by atoms with van der Waals surface area (Å²) in [6, 6.07) is 2.52. The summed E-state index contributed by atoms with van der Waals surface area (Å²) in [6.07, 6.45) is 5.79. The Morgan fingerprint density at radius 3 is 3.17 bits per heavy atom. The van der Waals surface area contributed by atoms with E-state index in [-0.39, 0.29) is 0 Å². The Hall–Kier alpha value is -1.69. The van der Waals surface area contributed by atoms with Gasteiger partial charge in [-0.1, -0.05) is 5.16 Å². The third kappa shape index (κ3) is 2.43. The van der Waals surface area contributed by atoms with Crippen molar-refractivity contribution in [3.8, 4) is 0 Å². The highest BCUT2D eigenvalue weighted by molar-refractivity contribution is 5.03. The molecule has 6 heteroatoms. The zero-order valence-corrected chi connectivity index (χ0v) is 10.5. The fraction of sp³-hybridized carbons (Fsp3) is 0.583. The molecule has 1 fully saturated rings. The van der Waals surface area contributed by atoms with Gasteiger partial charge in [0.05, 0.1) is 18.8 Å². The summed E-state index contributed by atoms with van der Waals surface area (Å²) < 4.78 is 7.18. The Bertz CT molecular complexity index is 492. The van der Waals surface area contributed by atoms with E-state index in [4.69, 9.17) is 4.52 Å². The number of hydrogen-bond acceptors (Lipinski definition) is 5. The molecular weight excluding hydrogens is 230 g/mol. The van der Waals surface area contributed by atoms with E-state index < -0.39 is 0 Å². The number of likely N-dealkylation sites (tertiary alicyclic amines) is 1. The quantitative estimate of drug-likeness (QED) is 0.813. The number of nitrogens with zero attached hydrogens (tertiary/aromatic N) is 5. The van der Waals surface area contributed by atoms with Gasteiger partial charge in [-0.2, -0.15) is 5.10 Å². The molecule has 0 N–H and O–H groups in total. The van der Waals surface area contributed by atoms with Crippen LogP contribution in [0.2, 0.25) is 0 Å². The van der Waals surface area contributed by atoms with Crippen LogP contribution in [0.25, 0.3) is 0 Å². The molecule has 0 radical (unpaired) electrons. The molecule has 0 unspecified atom stereocenters. The van der Waals surface area contributed by atoms with E-state index in [0.29, 0.717) is 6.04 Å². The fourth-order valence-electron chi connectivity index (χ4n) is 2.54. The number of aryl methyl sites for hydroxylation is 1. The van der Waals surface area contributed by atoms with Gasteiger partial charge in [0.2, 0.25) is 0 Å². The average molecular weight is 247 g/mol. The van der Waals surface area contributed by atoms with Crippen molar-refractivity contribution in [2.24, 2.45) is 0 Å². The van der Waals surface area contributed by atoms with Crippen molar-refractivity contribution in [1.82, 2.24) is 24.8 Å². The Kier molecular flexibility index (Phi) is 3.10. The molecule has 1 aliphatic heterocycles. The Labute approximate surface area is 106 Å². The van der Waals surface area contributed by atoms with E-state index >= 15 is 0 Å². The van der Waals surface area contributed by atoms with Gasteiger partial charge in [-0.3, -0.25) is 9.58 Å². The standard InChI is InChI=1S/C12H17N5O/c1-10-5-12(18-15-10)7-16-4-2-3-11(16)6-17-9-13-8-14-17/h5,8-9,11H,2-4,6-7H2,1H3/t11-/m0/s1. The molecule has 0 bridgehead atoms. The van der Waals surface area contributed by atoms with Gasteiger partial charge < -0.3 is 4.52 Å². The highest BCUT2D eigenvalue weighted by Crippen LogP contribution is 2.21. The molecule has 3 rings (SSSR count). The molecule has 3 heterocycles. The number of aromatic nitrogens is 4. The summed E-state index contributed by atoms with van der Waals surface area (Å²) in [7, 11) is 0. The van der Waals surface area contributed by atoms with Gasteiger partial charge in [0.15, 0.2) is 5.76 Å². The Balaban J connectivity index is 1.64. The van der Waals surface area contributed by atoms with Crippen LogP contribution in [0, 0.1) is 6.92 Å². The molecule has 0 spiro atoms. The zero-order valence-electron chi connectivity index (χ0n) is 10.5.